The zero-order chi connectivity index (χ0) is 13.1. The average molecular weight is 247 g/mol. The number of anilines is 1. The first-order valence-electron chi connectivity index (χ1n) is 5.91. The fourth-order valence-electron chi connectivity index (χ4n) is 1.59. The lowest BCUT2D eigenvalue weighted by atomic mass is 10.3. The summed E-state index contributed by atoms with van der Waals surface area (Å²) in [5.41, 5.74) is 1.89. The van der Waals surface area contributed by atoms with E-state index in [1.165, 1.54) is 0 Å². The van der Waals surface area contributed by atoms with Crippen LogP contribution in [0.15, 0.2) is 18.3 Å². The maximum atomic E-state index is 11.5. The molecule has 0 atom stereocenters. The number of fused-ring (bicyclic) bond motifs is 1. The van der Waals surface area contributed by atoms with Crippen molar-refractivity contribution in [3.05, 3.63) is 23.9 Å². The van der Waals surface area contributed by atoms with Crippen molar-refractivity contribution in [1.29, 1.82) is 0 Å². The van der Waals surface area contributed by atoms with E-state index in [0.717, 1.165) is 11.2 Å². The van der Waals surface area contributed by atoms with Crippen LogP contribution in [0.1, 0.15) is 19.4 Å². The molecular weight excluding hydrogens is 230 g/mol. The summed E-state index contributed by atoms with van der Waals surface area (Å²) >= 11 is 0. The molecule has 0 fully saturated rings. The number of amides is 1. The summed E-state index contributed by atoms with van der Waals surface area (Å²) in [7, 11) is 0. The minimum absolute atomic E-state index is 0.0694. The minimum atomic E-state index is -0.0694. The van der Waals surface area contributed by atoms with Crippen molar-refractivity contribution >= 4 is 17.5 Å². The van der Waals surface area contributed by atoms with Crippen LogP contribution in [-0.2, 0) is 4.79 Å². The molecule has 2 N–H and O–H groups in total. The Labute approximate surface area is 105 Å². The molecular formula is C12H17N5O. The van der Waals surface area contributed by atoms with Gasteiger partial charge in [-0.05, 0) is 38.5 Å². The van der Waals surface area contributed by atoms with Crippen LogP contribution in [-0.4, -0.2) is 33.1 Å². The molecule has 6 nitrogen and oxygen atoms in total. The van der Waals surface area contributed by atoms with Crippen molar-refractivity contribution in [3.63, 3.8) is 0 Å². The second-order valence-electron chi connectivity index (χ2n) is 4.52. The Morgan fingerprint density at radius 1 is 1.50 bits per heavy atom. The molecule has 0 aliphatic heterocycles. The van der Waals surface area contributed by atoms with Gasteiger partial charge < -0.3 is 10.6 Å². The van der Waals surface area contributed by atoms with Crippen LogP contribution in [0.2, 0.25) is 0 Å². The molecule has 0 saturated carbocycles. The number of carbonyl (C=O) groups is 1. The second-order valence-corrected chi connectivity index (χ2v) is 4.52. The third-order valence-corrected chi connectivity index (χ3v) is 2.35. The molecule has 18 heavy (non-hydrogen) atoms. The van der Waals surface area contributed by atoms with Gasteiger partial charge in [0.25, 0.3) is 0 Å². The lowest BCUT2D eigenvalue weighted by Crippen LogP contribution is -2.35. The number of hydrogen-bond donors (Lipinski definition) is 2. The van der Waals surface area contributed by atoms with Crippen molar-refractivity contribution in [1.82, 2.24) is 19.9 Å². The summed E-state index contributed by atoms with van der Waals surface area (Å²) in [6.07, 6.45) is 1.84. The highest BCUT2D eigenvalue weighted by atomic mass is 16.1. The summed E-state index contributed by atoms with van der Waals surface area (Å²) in [6, 6.07) is 4.03. The predicted molar refractivity (Wildman–Crippen MR) is 69.5 cm³/mol. The van der Waals surface area contributed by atoms with Crippen molar-refractivity contribution in [2.45, 2.75) is 26.8 Å². The Morgan fingerprint density at radius 2 is 2.28 bits per heavy atom. The molecule has 0 unspecified atom stereocenters. The molecule has 2 heterocycles. The Kier molecular flexibility index (Phi) is 3.45. The van der Waals surface area contributed by atoms with E-state index in [0.29, 0.717) is 5.95 Å². The topological polar surface area (TPSA) is 71.3 Å². The van der Waals surface area contributed by atoms with E-state index in [1.54, 1.807) is 4.52 Å². The molecule has 0 aliphatic carbocycles. The van der Waals surface area contributed by atoms with Gasteiger partial charge in [0.05, 0.1) is 6.54 Å². The summed E-state index contributed by atoms with van der Waals surface area (Å²) in [5, 5.41) is 9.92. The number of hydrogen-bond acceptors (Lipinski definition) is 4. The molecule has 0 radical (unpaired) electrons. The number of carbonyl (C=O) groups excluding carboxylic acids is 1. The van der Waals surface area contributed by atoms with Crippen LogP contribution < -0.4 is 10.6 Å². The van der Waals surface area contributed by atoms with Crippen molar-refractivity contribution in [3.8, 4) is 0 Å². The van der Waals surface area contributed by atoms with Crippen LogP contribution in [0.25, 0.3) is 5.65 Å². The van der Waals surface area contributed by atoms with E-state index < -0.39 is 0 Å². The zero-order valence-corrected chi connectivity index (χ0v) is 10.8. The Balaban J connectivity index is 2.02. The highest BCUT2D eigenvalue weighted by Gasteiger charge is 2.06. The molecule has 0 aliphatic rings. The molecule has 0 aromatic carbocycles. The third kappa shape index (κ3) is 2.97. The molecule has 96 valence electrons. The number of pyridine rings is 1. The summed E-state index contributed by atoms with van der Waals surface area (Å²) in [4.78, 5) is 15.7. The monoisotopic (exact) mass is 247 g/mol. The average Bonchev–Trinajstić information content (AvgIpc) is 2.67. The molecule has 1 amide bonds. The largest absolute Gasteiger partial charge is 0.352 e. The van der Waals surface area contributed by atoms with E-state index in [-0.39, 0.29) is 18.5 Å². The van der Waals surface area contributed by atoms with Gasteiger partial charge in [0, 0.05) is 12.2 Å². The normalized spacial score (nSPS) is 10.9. The van der Waals surface area contributed by atoms with Gasteiger partial charge in [-0.25, -0.2) is 4.52 Å². The lowest BCUT2D eigenvalue weighted by molar-refractivity contribution is -0.119. The summed E-state index contributed by atoms with van der Waals surface area (Å²) in [6.45, 7) is 6.01. The number of aryl methyl sites for hydroxylation is 1. The molecule has 6 heteroatoms. The highest BCUT2D eigenvalue weighted by Crippen LogP contribution is 2.06. The SMILES string of the molecule is Cc1ccn2nc(NCC(=O)NC(C)C)nc2c1. The highest BCUT2D eigenvalue weighted by molar-refractivity contribution is 5.80. The number of aromatic nitrogens is 3. The Bertz CT molecular complexity index is 561. The molecule has 0 saturated heterocycles. The standard InChI is InChI=1S/C12H17N5O/c1-8(2)14-11(18)7-13-12-15-10-6-9(3)4-5-17(10)16-12/h4-6,8H,7H2,1-3H3,(H,13,16)(H,14,18). The van der Waals surface area contributed by atoms with Crippen molar-refractivity contribution in [2.24, 2.45) is 0 Å². The van der Waals surface area contributed by atoms with Gasteiger partial charge in [-0.2, -0.15) is 4.98 Å². The minimum Gasteiger partial charge on any atom is -0.352 e. The summed E-state index contributed by atoms with van der Waals surface area (Å²) < 4.78 is 1.68. The van der Waals surface area contributed by atoms with Gasteiger partial charge in [-0.15, -0.1) is 5.10 Å². The smallest absolute Gasteiger partial charge is 0.243 e. The van der Waals surface area contributed by atoms with Crippen molar-refractivity contribution in [2.75, 3.05) is 11.9 Å². The predicted octanol–water partition coefficient (Wildman–Crippen LogP) is 0.974. The van der Waals surface area contributed by atoms with Gasteiger partial charge in [0.15, 0.2) is 5.65 Å². The molecule has 0 bridgehead atoms. The van der Waals surface area contributed by atoms with Crippen LogP contribution in [0.5, 0.6) is 0 Å². The molecule has 2 aromatic rings. The Hall–Kier alpha value is -2.11. The molecule has 0 spiro atoms. The van der Waals surface area contributed by atoms with Gasteiger partial charge in [-0.1, -0.05) is 0 Å². The first kappa shape index (κ1) is 12.3. The van der Waals surface area contributed by atoms with Crippen LogP contribution in [0, 0.1) is 6.92 Å². The van der Waals surface area contributed by atoms with E-state index >= 15 is 0 Å². The first-order valence-corrected chi connectivity index (χ1v) is 5.91. The molecule has 2 aromatic heterocycles. The van der Waals surface area contributed by atoms with Crippen LogP contribution in [0.4, 0.5) is 5.95 Å². The van der Waals surface area contributed by atoms with Crippen LogP contribution >= 0.6 is 0 Å². The number of nitrogens with zero attached hydrogens (tertiary/aromatic N) is 3. The lowest BCUT2D eigenvalue weighted by Gasteiger charge is -2.07. The fraction of sp³-hybridized carbons (Fsp3) is 0.417. The quantitative estimate of drug-likeness (QED) is 0.844. The maximum Gasteiger partial charge on any atom is 0.243 e. The van der Waals surface area contributed by atoms with Crippen LogP contribution in [0.3, 0.4) is 0 Å². The van der Waals surface area contributed by atoms with E-state index in [4.69, 9.17) is 0 Å². The van der Waals surface area contributed by atoms with Crippen molar-refractivity contribution < 1.29 is 4.79 Å². The van der Waals surface area contributed by atoms with E-state index in [2.05, 4.69) is 20.7 Å². The molecule has 2 rings (SSSR count). The third-order valence-electron chi connectivity index (χ3n) is 2.35. The number of rotatable bonds is 4. The summed E-state index contributed by atoms with van der Waals surface area (Å²) in [5.74, 6) is 0.388. The maximum absolute atomic E-state index is 11.5. The van der Waals surface area contributed by atoms with Gasteiger partial charge in [0.2, 0.25) is 11.9 Å². The fourth-order valence-corrected chi connectivity index (χ4v) is 1.59. The second kappa shape index (κ2) is 5.03. The van der Waals surface area contributed by atoms with E-state index in [1.807, 2.05) is 39.1 Å². The zero-order valence-electron chi connectivity index (χ0n) is 10.8. The van der Waals surface area contributed by atoms with Gasteiger partial charge in [0.1, 0.15) is 0 Å². The first-order chi connectivity index (χ1) is 8.54. The Morgan fingerprint density at radius 3 is 3.00 bits per heavy atom. The number of nitrogens with one attached hydrogen (secondary N) is 2. The van der Waals surface area contributed by atoms with Gasteiger partial charge >= 0.3 is 0 Å². The van der Waals surface area contributed by atoms with E-state index in [9.17, 15) is 4.79 Å². The van der Waals surface area contributed by atoms with Gasteiger partial charge in [-0.3, -0.25) is 4.79 Å².